The normalized spacial score (nSPS) is 12.0. The van der Waals surface area contributed by atoms with Crippen LogP contribution in [0.5, 0.6) is 0 Å². The smallest absolute Gasteiger partial charge is 0.306 e. The molecule has 0 saturated heterocycles. The molecule has 1 atom stereocenters. The molecular formula is C63H122O6. The lowest BCUT2D eigenvalue weighted by Gasteiger charge is -2.18. The molecule has 0 aromatic heterocycles. The van der Waals surface area contributed by atoms with E-state index in [-0.39, 0.29) is 31.1 Å². The SMILES string of the molecule is CCCCCCCCCCCCCCCCCC(=O)OC[C@H](COC(=O)CCCCCCCCCCCCCCCCCCCCC(C)C)OC(=O)CCCCCCCCCCCCCCCCC. The van der Waals surface area contributed by atoms with E-state index in [4.69, 9.17) is 14.2 Å². The summed E-state index contributed by atoms with van der Waals surface area (Å²) in [4.78, 5) is 38.2. The van der Waals surface area contributed by atoms with E-state index in [9.17, 15) is 14.4 Å². The molecule has 6 nitrogen and oxygen atoms in total. The maximum atomic E-state index is 12.9. The van der Waals surface area contributed by atoms with Gasteiger partial charge in [0.15, 0.2) is 6.10 Å². The number of ether oxygens (including phenoxy) is 3. The molecule has 0 amide bonds. The van der Waals surface area contributed by atoms with Gasteiger partial charge in [-0.05, 0) is 25.2 Å². The summed E-state index contributed by atoms with van der Waals surface area (Å²) in [6.07, 6.45) is 63.9. The Hall–Kier alpha value is -1.59. The van der Waals surface area contributed by atoms with E-state index < -0.39 is 6.10 Å². The maximum absolute atomic E-state index is 12.9. The molecule has 0 aliphatic heterocycles. The highest BCUT2D eigenvalue weighted by Gasteiger charge is 2.19. The van der Waals surface area contributed by atoms with Crippen molar-refractivity contribution in [1.29, 1.82) is 0 Å². The van der Waals surface area contributed by atoms with Crippen LogP contribution < -0.4 is 0 Å². The number of rotatable bonds is 58. The van der Waals surface area contributed by atoms with E-state index in [1.807, 2.05) is 0 Å². The molecule has 0 aliphatic carbocycles. The molecule has 0 N–H and O–H groups in total. The Balaban J connectivity index is 4.25. The highest BCUT2D eigenvalue weighted by molar-refractivity contribution is 5.71. The Morgan fingerprint density at radius 3 is 0.710 bits per heavy atom. The highest BCUT2D eigenvalue weighted by Crippen LogP contribution is 2.19. The predicted molar refractivity (Wildman–Crippen MR) is 298 cm³/mol. The van der Waals surface area contributed by atoms with E-state index >= 15 is 0 Å². The van der Waals surface area contributed by atoms with Crippen LogP contribution in [0.1, 0.15) is 362 Å². The van der Waals surface area contributed by atoms with Crippen LogP contribution >= 0.6 is 0 Å². The molecule has 6 heteroatoms. The molecule has 0 bridgehead atoms. The van der Waals surface area contributed by atoms with Crippen molar-refractivity contribution in [2.75, 3.05) is 13.2 Å². The summed E-state index contributed by atoms with van der Waals surface area (Å²) in [5.74, 6) is 0.0308. The standard InChI is InChI=1S/C63H122O6/c1-5-7-9-11-13-15-17-19-25-30-34-38-42-46-50-54-61(64)67-57-60(69-63(66)56-52-48-44-40-36-32-26-20-18-16-14-12-10-8-6-2)58-68-62(65)55-51-47-43-39-35-31-28-24-22-21-23-27-29-33-37-41-45-49-53-59(3)4/h59-60H,5-58H2,1-4H3/t60-/m1/s1. The van der Waals surface area contributed by atoms with Crippen LogP contribution in [0.2, 0.25) is 0 Å². The first kappa shape index (κ1) is 67.4. The van der Waals surface area contributed by atoms with Crippen LogP contribution in [0, 0.1) is 5.92 Å². The Morgan fingerprint density at radius 1 is 0.275 bits per heavy atom. The molecule has 0 spiro atoms. The number of esters is 3. The zero-order valence-electron chi connectivity index (χ0n) is 47.3. The Morgan fingerprint density at radius 2 is 0.478 bits per heavy atom. The fraction of sp³-hybridized carbons (Fsp3) is 0.952. The summed E-state index contributed by atoms with van der Waals surface area (Å²) in [5, 5.41) is 0. The van der Waals surface area contributed by atoms with Gasteiger partial charge >= 0.3 is 17.9 Å². The van der Waals surface area contributed by atoms with Crippen LogP contribution in [-0.4, -0.2) is 37.2 Å². The van der Waals surface area contributed by atoms with Crippen LogP contribution in [0.3, 0.4) is 0 Å². The van der Waals surface area contributed by atoms with E-state index in [1.54, 1.807) is 0 Å². The summed E-state index contributed by atoms with van der Waals surface area (Å²) in [7, 11) is 0. The minimum Gasteiger partial charge on any atom is -0.462 e. The zero-order chi connectivity index (χ0) is 50.2. The van der Waals surface area contributed by atoms with Gasteiger partial charge < -0.3 is 14.2 Å². The predicted octanol–water partition coefficient (Wildman–Crippen LogP) is 21.0. The lowest BCUT2D eigenvalue weighted by Crippen LogP contribution is -2.30. The third-order valence-electron chi connectivity index (χ3n) is 14.5. The number of unbranched alkanes of at least 4 members (excludes halogenated alkanes) is 45. The summed E-state index contributed by atoms with van der Waals surface area (Å²) >= 11 is 0. The van der Waals surface area contributed by atoms with E-state index in [0.29, 0.717) is 19.3 Å². The average molecular weight is 976 g/mol. The summed E-state index contributed by atoms with van der Waals surface area (Å²) in [5.41, 5.74) is 0. The molecule has 0 aliphatic rings. The lowest BCUT2D eigenvalue weighted by molar-refractivity contribution is -0.167. The number of carbonyl (C=O) groups excluding carboxylic acids is 3. The van der Waals surface area contributed by atoms with Crippen molar-refractivity contribution in [1.82, 2.24) is 0 Å². The third-order valence-corrected chi connectivity index (χ3v) is 14.5. The molecule has 0 rings (SSSR count). The molecule has 410 valence electrons. The molecule has 69 heavy (non-hydrogen) atoms. The van der Waals surface area contributed by atoms with Gasteiger partial charge in [0.25, 0.3) is 0 Å². The second-order valence-corrected chi connectivity index (χ2v) is 22.2. The topological polar surface area (TPSA) is 78.9 Å². The van der Waals surface area contributed by atoms with Crippen molar-refractivity contribution >= 4 is 17.9 Å². The lowest BCUT2D eigenvalue weighted by atomic mass is 10.0. The molecule has 0 unspecified atom stereocenters. The Kier molecular flexibility index (Phi) is 56.0. The van der Waals surface area contributed by atoms with Gasteiger partial charge in [0, 0.05) is 19.3 Å². The first-order valence-corrected chi connectivity index (χ1v) is 31.4. The van der Waals surface area contributed by atoms with E-state index in [2.05, 4.69) is 27.7 Å². The summed E-state index contributed by atoms with van der Waals surface area (Å²) in [6, 6.07) is 0. The molecule has 0 saturated carbocycles. The molecule has 0 radical (unpaired) electrons. The number of hydrogen-bond acceptors (Lipinski definition) is 6. The largest absolute Gasteiger partial charge is 0.462 e. The monoisotopic (exact) mass is 975 g/mol. The molecular weight excluding hydrogens is 853 g/mol. The van der Waals surface area contributed by atoms with Crippen LogP contribution in [0.4, 0.5) is 0 Å². The van der Waals surface area contributed by atoms with Crippen molar-refractivity contribution < 1.29 is 28.6 Å². The van der Waals surface area contributed by atoms with Gasteiger partial charge in [-0.1, -0.05) is 323 Å². The molecule has 0 heterocycles. The van der Waals surface area contributed by atoms with E-state index in [0.717, 1.165) is 63.7 Å². The quantitative estimate of drug-likeness (QED) is 0.0343. The second-order valence-electron chi connectivity index (χ2n) is 22.2. The van der Waals surface area contributed by atoms with Crippen molar-refractivity contribution in [3.63, 3.8) is 0 Å². The van der Waals surface area contributed by atoms with Crippen LogP contribution in [0.25, 0.3) is 0 Å². The second kappa shape index (κ2) is 57.3. The average Bonchev–Trinajstić information content (AvgIpc) is 3.34. The minimum atomic E-state index is -0.762. The molecule has 0 aromatic rings. The highest BCUT2D eigenvalue weighted by atomic mass is 16.6. The summed E-state index contributed by atoms with van der Waals surface area (Å²) in [6.45, 7) is 9.10. The van der Waals surface area contributed by atoms with Crippen LogP contribution in [-0.2, 0) is 28.6 Å². The molecule has 0 fully saturated rings. The molecule has 0 aromatic carbocycles. The van der Waals surface area contributed by atoms with Crippen molar-refractivity contribution in [3.05, 3.63) is 0 Å². The summed E-state index contributed by atoms with van der Waals surface area (Å²) < 4.78 is 16.9. The van der Waals surface area contributed by atoms with Crippen molar-refractivity contribution in [2.24, 2.45) is 5.92 Å². The van der Waals surface area contributed by atoms with Crippen molar-refractivity contribution in [3.8, 4) is 0 Å². The Labute approximate surface area is 431 Å². The van der Waals surface area contributed by atoms with Gasteiger partial charge in [-0.15, -0.1) is 0 Å². The fourth-order valence-electron chi connectivity index (χ4n) is 9.81. The van der Waals surface area contributed by atoms with Gasteiger partial charge in [-0.25, -0.2) is 0 Å². The van der Waals surface area contributed by atoms with Gasteiger partial charge in [-0.3, -0.25) is 14.4 Å². The Bertz CT molecular complexity index is 1040. The first-order chi connectivity index (χ1) is 33.9. The third kappa shape index (κ3) is 57.2. The minimum absolute atomic E-state index is 0.0612. The number of carbonyl (C=O) groups is 3. The van der Waals surface area contributed by atoms with Gasteiger partial charge in [-0.2, -0.15) is 0 Å². The van der Waals surface area contributed by atoms with Gasteiger partial charge in [0.05, 0.1) is 0 Å². The number of hydrogen-bond donors (Lipinski definition) is 0. The van der Waals surface area contributed by atoms with E-state index in [1.165, 1.54) is 257 Å². The van der Waals surface area contributed by atoms with Crippen LogP contribution in [0.15, 0.2) is 0 Å². The zero-order valence-corrected chi connectivity index (χ0v) is 47.3. The van der Waals surface area contributed by atoms with Gasteiger partial charge in [0.1, 0.15) is 13.2 Å². The van der Waals surface area contributed by atoms with Crippen molar-refractivity contribution in [2.45, 2.75) is 368 Å². The van der Waals surface area contributed by atoms with Gasteiger partial charge in [0.2, 0.25) is 0 Å². The first-order valence-electron chi connectivity index (χ1n) is 31.4. The maximum Gasteiger partial charge on any atom is 0.306 e. The fourth-order valence-corrected chi connectivity index (χ4v) is 9.81.